The van der Waals surface area contributed by atoms with Gasteiger partial charge in [-0.05, 0) is 38.1 Å². The number of nitrogens with zero attached hydrogens (tertiary/aromatic N) is 2. The van der Waals surface area contributed by atoms with E-state index in [1.165, 1.54) is 4.90 Å². The minimum atomic E-state index is -0.0786. The summed E-state index contributed by atoms with van der Waals surface area (Å²) >= 11 is 0. The van der Waals surface area contributed by atoms with Crippen molar-refractivity contribution in [1.29, 1.82) is 0 Å². The fourth-order valence-corrected chi connectivity index (χ4v) is 2.91. The number of hydrogen-bond donors (Lipinski definition) is 2. The first-order chi connectivity index (χ1) is 13.0. The Labute approximate surface area is 159 Å². The number of aryl methyl sites for hydroxylation is 1. The Kier molecular flexibility index (Phi) is 5.66. The van der Waals surface area contributed by atoms with Crippen LogP contribution in [0.25, 0.3) is 11.5 Å². The zero-order chi connectivity index (χ0) is 19.4. The molecule has 2 aromatic carbocycles. The van der Waals surface area contributed by atoms with Crippen LogP contribution in [-0.2, 0) is 6.54 Å². The lowest BCUT2D eigenvalue weighted by molar-refractivity contribution is -0.925. The van der Waals surface area contributed by atoms with E-state index in [4.69, 9.17) is 4.42 Å². The number of rotatable bonds is 6. The Morgan fingerprint density at radius 1 is 1.19 bits per heavy atom. The molecule has 0 saturated carbocycles. The quantitative estimate of drug-likeness (QED) is 0.702. The summed E-state index contributed by atoms with van der Waals surface area (Å²) < 4.78 is 5.91. The summed E-state index contributed by atoms with van der Waals surface area (Å²) in [5.41, 5.74) is 3.89. The highest BCUT2D eigenvalue weighted by molar-refractivity contribution is 5.93. The van der Waals surface area contributed by atoms with Gasteiger partial charge < -0.3 is 14.6 Å². The van der Waals surface area contributed by atoms with Gasteiger partial charge in [0.05, 0.1) is 7.05 Å². The summed E-state index contributed by atoms with van der Waals surface area (Å²) in [6.45, 7) is 4.90. The third-order valence-electron chi connectivity index (χ3n) is 4.74. The van der Waals surface area contributed by atoms with Crippen LogP contribution in [0, 0.1) is 6.92 Å². The second-order valence-electron chi connectivity index (χ2n) is 6.84. The SMILES string of the molecule is CNC(=O)c1ccc(C[NH+](C)[C@@H](C)c2nnc(-c3cccc(C)c3)o2)cc1. The zero-order valence-corrected chi connectivity index (χ0v) is 16.1. The Bertz CT molecular complexity index is 918. The van der Waals surface area contributed by atoms with E-state index < -0.39 is 0 Å². The van der Waals surface area contributed by atoms with E-state index >= 15 is 0 Å². The number of aromatic nitrogens is 2. The van der Waals surface area contributed by atoms with Gasteiger partial charge >= 0.3 is 0 Å². The number of quaternary nitrogens is 1. The van der Waals surface area contributed by atoms with E-state index in [9.17, 15) is 4.79 Å². The lowest BCUT2D eigenvalue weighted by atomic mass is 10.1. The minimum absolute atomic E-state index is 0.0506. The number of carbonyl (C=O) groups is 1. The molecule has 0 spiro atoms. The van der Waals surface area contributed by atoms with Crippen molar-refractivity contribution in [3.05, 3.63) is 71.1 Å². The van der Waals surface area contributed by atoms with Crippen molar-refractivity contribution in [1.82, 2.24) is 15.5 Å². The Morgan fingerprint density at radius 3 is 2.59 bits per heavy atom. The van der Waals surface area contributed by atoms with Gasteiger partial charge in [0.25, 0.3) is 11.8 Å². The van der Waals surface area contributed by atoms with Crippen molar-refractivity contribution in [2.24, 2.45) is 0 Å². The molecule has 3 rings (SSSR count). The second-order valence-corrected chi connectivity index (χ2v) is 6.84. The summed E-state index contributed by atoms with van der Waals surface area (Å²) in [6, 6.07) is 15.7. The predicted molar refractivity (Wildman–Crippen MR) is 103 cm³/mol. The Hall–Kier alpha value is -2.99. The highest BCUT2D eigenvalue weighted by Gasteiger charge is 2.22. The maximum Gasteiger partial charge on any atom is 0.274 e. The van der Waals surface area contributed by atoms with Crippen LogP contribution < -0.4 is 10.2 Å². The molecule has 3 aromatic rings. The standard InChI is InChI=1S/C21H24N4O2/c1-14-6-5-7-18(12-14)21-24-23-20(27-21)15(2)25(4)13-16-8-10-17(11-9-16)19(26)22-3/h5-12,15H,13H2,1-4H3,(H,22,26)/p+1/t15-/m0/s1. The molecule has 27 heavy (non-hydrogen) atoms. The van der Waals surface area contributed by atoms with Gasteiger partial charge in [-0.25, -0.2) is 0 Å². The summed E-state index contributed by atoms with van der Waals surface area (Å²) in [4.78, 5) is 12.9. The van der Waals surface area contributed by atoms with Gasteiger partial charge in [-0.2, -0.15) is 0 Å². The average molecular weight is 365 g/mol. The molecule has 0 saturated heterocycles. The predicted octanol–water partition coefficient (Wildman–Crippen LogP) is 2.18. The highest BCUT2D eigenvalue weighted by atomic mass is 16.4. The first-order valence-corrected chi connectivity index (χ1v) is 9.01. The Morgan fingerprint density at radius 2 is 1.93 bits per heavy atom. The molecule has 1 aromatic heterocycles. The molecule has 0 radical (unpaired) electrons. The number of carbonyl (C=O) groups excluding carboxylic acids is 1. The monoisotopic (exact) mass is 365 g/mol. The normalized spacial score (nSPS) is 13.2. The van der Waals surface area contributed by atoms with E-state index in [2.05, 4.69) is 29.5 Å². The highest BCUT2D eigenvalue weighted by Crippen LogP contribution is 2.20. The van der Waals surface area contributed by atoms with Gasteiger partial charge in [-0.1, -0.05) is 29.8 Å². The zero-order valence-electron chi connectivity index (χ0n) is 16.1. The van der Waals surface area contributed by atoms with Gasteiger partial charge in [-0.3, -0.25) is 4.79 Å². The summed E-state index contributed by atoms with van der Waals surface area (Å²) in [7, 11) is 3.72. The van der Waals surface area contributed by atoms with Crippen LogP contribution in [0.2, 0.25) is 0 Å². The van der Waals surface area contributed by atoms with Crippen LogP contribution in [0.4, 0.5) is 0 Å². The van der Waals surface area contributed by atoms with Crippen molar-refractivity contribution >= 4 is 5.91 Å². The van der Waals surface area contributed by atoms with Gasteiger partial charge in [0.15, 0.2) is 6.04 Å². The molecule has 0 bridgehead atoms. The van der Waals surface area contributed by atoms with E-state index in [0.29, 0.717) is 17.3 Å². The maximum absolute atomic E-state index is 11.6. The molecular formula is C21H25N4O2+. The van der Waals surface area contributed by atoms with E-state index in [-0.39, 0.29) is 11.9 Å². The molecule has 1 amide bonds. The van der Waals surface area contributed by atoms with E-state index in [0.717, 1.165) is 23.2 Å². The van der Waals surface area contributed by atoms with Crippen molar-refractivity contribution in [3.63, 3.8) is 0 Å². The molecule has 1 heterocycles. The van der Waals surface area contributed by atoms with Crippen molar-refractivity contribution < 1.29 is 14.1 Å². The van der Waals surface area contributed by atoms with Gasteiger partial charge in [0, 0.05) is 23.7 Å². The van der Waals surface area contributed by atoms with Crippen LogP contribution in [0.15, 0.2) is 52.9 Å². The van der Waals surface area contributed by atoms with Crippen molar-refractivity contribution in [2.75, 3.05) is 14.1 Å². The molecule has 0 aliphatic rings. The molecular weight excluding hydrogens is 340 g/mol. The first kappa shape index (κ1) is 18.8. The molecule has 2 atom stereocenters. The number of nitrogens with one attached hydrogen (secondary N) is 2. The molecule has 0 aliphatic carbocycles. The lowest BCUT2D eigenvalue weighted by Crippen LogP contribution is -3.07. The Balaban J connectivity index is 1.68. The van der Waals surface area contributed by atoms with Gasteiger partial charge in [-0.15, -0.1) is 10.2 Å². The van der Waals surface area contributed by atoms with Gasteiger partial charge in [0.2, 0.25) is 5.89 Å². The average Bonchev–Trinajstić information content (AvgIpc) is 3.17. The molecule has 2 N–H and O–H groups in total. The summed E-state index contributed by atoms with van der Waals surface area (Å²) in [5, 5.41) is 11.1. The van der Waals surface area contributed by atoms with Crippen LogP contribution in [-0.4, -0.2) is 30.2 Å². The number of benzene rings is 2. The third-order valence-corrected chi connectivity index (χ3v) is 4.74. The molecule has 6 nitrogen and oxygen atoms in total. The fraction of sp³-hybridized carbons (Fsp3) is 0.286. The van der Waals surface area contributed by atoms with Crippen LogP contribution in [0.3, 0.4) is 0 Å². The lowest BCUT2D eigenvalue weighted by Gasteiger charge is -2.19. The minimum Gasteiger partial charge on any atom is -0.415 e. The van der Waals surface area contributed by atoms with E-state index in [1.54, 1.807) is 7.05 Å². The smallest absolute Gasteiger partial charge is 0.274 e. The summed E-state index contributed by atoms with van der Waals surface area (Å²) in [6.07, 6.45) is 0. The molecule has 0 aliphatic heterocycles. The fourth-order valence-electron chi connectivity index (χ4n) is 2.91. The van der Waals surface area contributed by atoms with Gasteiger partial charge in [0.1, 0.15) is 6.54 Å². The third kappa shape index (κ3) is 4.41. The van der Waals surface area contributed by atoms with Crippen molar-refractivity contribution in [2.45, 2.75) is 26.4 Å². The maximum atomic E-state index is 11.6. The van der Waals surface area contributed by atoms with Crippen molar-refractivity contribution in [3.8, 4) is 11.5 Å². The molecule has 6 heteroatoms. The molecule has 0 fully saturated rings. The van der Waals surface area contributed by atoms with E-state index in [1.807, 2.05) is 55.5 Å². The largest absolute Gasteiger partial charge is 0.415 e. The number of amides is 1. The second kappa shape index (κ2) is 8.14. The topological polar surface area (TPSA) is 72.5 Å². The summed E-state index contributed by atoms with van der Waals surface area (Å²) in [5.74, 6) is 1.08. The molecule has 1 unspecified atom stereocenters. The van der Waals surface area contributed by atoms with Crippen LogP contribution >= 0.6 is 0 Å². The van der Waals surface area contributed by atoms with Crippen LogP contribution in [0.1, 0.15) is 40.3 Å². The first-order valence-electron chi connectivity index (χ1n) is 9.01. The van der Waals surface area contributed by atoms with Crippen LogP contribution in [0.5, 0.6) is 0 Å². The molecule has 140 valence electrons. The number of hydrogen-bond acceptors (Lipinski definition) is 4.